The van der Waals surface area contributed by atoms with E-state index in [1.54, 1.807) is 42.5 Å². The van der Waals surface area contributed by atoms with Crippen molar-refractivity contribution < 1.29 is 28.7 Å². The molecule has 2 aliphatic carbocycles. The number of fused-ring (bicyclic) bond motifs is 6. The van der Waals surface area contributed by atoms with Gasteiger partial charge in [0.15, 0.2) is 15.3 Å². The van der Waals surface area contributed by atoms with E-state index in [1.807, 2.05) is 48.5 Å². The van der Waals surface area contributed by atoms with E-state index in [2.05, 4.69) is 4.98 Å². The largest absolute Gasteiger partial charge is 0.507 e. The molecule has 0 bridgehead atoms. The Kier molecular flexibility index (Phi) is 6.30. The number of aromatic hydroxyl groups is 1. The molecule has 244 valence electrons. The number of halogens is 2. The number of phenols is 1. The topological polar surface area (TPSA) is 121 Å². The van der Waals surface area contributed by atoms with Crippen molar-refractivity contribution >= 4 is 74.4 Å². The number of likely N-dealkylation sites (tertiary alicyclic amines) is 1. The summed E-state index contributed by atoms with van der Waals surface area (Å²) in [5, 5.41) is 13.0. The minimum absolute atomic E-state index is 0.0879. The van der Waals surface area contributed by atoms with Crippen molar-refractivity contribution in [3.63, 3.8) is 0 Å². The first-order valence-corrected chi connectivity index (χ1v) is 16.7. The van der Waals surface area contributed by atoms with E-state index in [0.29, 0.717) is 44.8 Å². The maximum atomic E-state index is 14.4. The Hall–Kier alpha value is -4.99. The zero-order valence-corrected chi connectivity index (χ0v) is 27.5. The summed E-state index contributed by atoms with van der Waals surface area (Å²) in [7, 11) is 1.34. The van der Waals surface area contributed by atoms with Gasteiger partial charge >= 0.3 is 0 Å². The predicted octanol–water partition coefficient (Wildman–Crippen LogP) is 6.55. The third kappa shape index (κ3) is 3.85. The van der Waals surface area contributed by atoms with Gasteiger partial charge in [0.25, 0.3) is 11.8 Å². The van der Waals surface area contributed by atoms with Gasteiger partial charge in [-0.3, -0.25) is 29.0 Å². The molecule has 1 aromatic heterocycles. The van der Waals surface area contributed by atoms with Gasteiger partial charge in [0.05, 0.1) is 17.5 Å². The maximum absolute atomic E-state index is 14.4. The molecule has 0 radical (unpaired) electrons. The van der Waals surface area contributed by atoms with Crippen molar-refractivity contribution in [2.75, 3.05) is 11.9 Å². The number of anilines is 1. The van der Waals surface area contributed by atoms with E-state index < -0.39 is 51.1 Å². The fourth-order valence-corrected chi connectivity index (χ4v) is 9.61. The lowest BCUT2D eigenvalue weighted by Crippen LogP contribution is -2.60. The lowest BCUT2D eigenvalue weighted by molar-refractivity contribution is -0.138. The van der Waals surface area contributed by atoms with E-state index in [9.17, 15) is 24.3 Å². The molecular formula is C38H27Cl2N3O6. The van der Waals surface area contributed by atoms with Crippen LogP contribution >= 0.6 is 23.2 Å². The molecule has 9 rings (SSSR count). The van der Waals surface area contributed by atoms with Crippen LogP contribution in [0.5, 0.6) is 5.75 Å². The fourth-order valence-electron chi connectivity index (χ4n) is 8.60. The molecular weight excluding hydrogens is 665 g/mol. The number of aromatic nitrogens is 1. The first-order chi connectivity index (χ1) is 23.5. The second-order valence-electron chi connectivity index (χ2n) is 13.3. The number of oxazole rings is 1. The molecule has 4 aliphatic rings. The predicted molar refractivity (Wildman–Crippen MR) is 183 cm³/mol. The average molecular weight is 693 g/mol. The van der Waals surface area contributed by atoms with Crippen LogP contribution in [0, 0.1) is 17.8 Å². The average Bonchev–Trinajstić information content (AvgIpc) is 3.70. The lowest BCUT2D eigenvalue weighted by atomic mass is 9.56. The number of carbonyl (C=O) groups is 4. The number of nitrogens with zero attached hydrogens (tertiary/aromatic N) is 3. The molecule has 0 spiro atoms. The Bertz CT molecular complexity index is 2300. The van der Waals surface area contributed by atoms with Crippen molar-refractivity contribution in [1.82, 2.24) is 9.88 Å². The summed E-state index contributed by atoms with van der Waals surface area (Å²) >= 11 is 14.6. The second-order valence-corrected chi connectivity index (χ2v) is 14.5. The van der Waals surface area contributed by atoms with Crippen molar-refractivity contribution in [3.8, 4) is 17.2 Å². The van der Waals surface area contributed by atoms with Gasteiger partial charge in [-0.1, -0.05) is 60.2 Å². The molecule has 3 heterocycles. The summed E-state index contributed by atoms with van der Waals surface area (Å²) in [6.45, 7) is 0. The van der Waals surface area contributed by atoms with Gasteiger partial charge in [0, 0.05) is 29.5 Å². The van der Waals surface area contributed by atoms with Crippen molar-refractivity contribution in [1.29, 1.82) is 0 Å². The highest BCUT2D eigenvalue weighted by Crippen LogP contribution is 2.66. The summed E-state index contributed by atoms with van der Waals surface area (Å²) in [5.41, 5.74) is 3.38. The third-order valence-electron chi connectivity index (χ3n) is 10.9. The molecule has 49 heavy (non-hydrogen) atoms. The first kappa shape index (κ1) is 30.1. The molecule has 9 nitrogen and oxygen atoms in total. The Morgan fingerprint density at radius 2 is 1.59 bits per heavy atom. The molecule has 2 aliphatic heterocycles. The molecule has 3 fully saturated rings. The van der Waals surface area contributed by atoms with E-state index in [4.69, 9.17) is 27.6 Å². The summed E-state index contributed by atoms with van der Waals surface area (Å²) in [5.74, 6) is -5.14. The van der Waals surface area contributed by atoms with Crippen LogP contribution in [0.25, 0.3) is 33.3 Å². The molecule has 4 amide bonds. The number of rotatable bonds is 3. The Morgan fingerprint density at radius 1 is 0.857 bits per heavy atom. The highest BCUT2D eigenvalue weighted by atomic mass is 35.5. The number of benzene rings is 4. The standard InChI is InChI=1S/C38H27Cl2N3O6/c1-42-35(47)37(39)18-26-23(30(38(37,40)36(42)48)25-15-12-19-6-2-3-7-22(19)31(25)44)16-17-24-29(26)34(46)43(33(24)45)21-13-10-20(11-14-21)32-41-27-8-4-5-9-28(27)49-32/h2-16,24,26,29-30,44H,17-18H2,1H3/t24-,26+,29-,30+,37+,38-/m0/s1. The summed E-state index contributed by atoms with van der Waals surface area (Å²) in [4.78, 5) is 58.9. The number of alkyl halides is 2. The summed E-state index contributed by atoms with van der Waals surface area (Å²) < 4.78 is 5.89. The second kappa shape index (κ2) is 10.3. The highest BCUT2D eigenvalue weighted by Gasteiger charge is 2.76. The smallest absolute Gasteiger partial charge is 0.253 e. The number of imide groups is 2. The minimum Gasteiger partial charge on any atom is -0.507 e. The molecule has 1 saturated carbocycles. The zero-order valence-electron chi connectivity index (χ0n) is 26.0. The van der Waals surface area contributed by atoms with E-state index in [0.717, 1.165) is 10.3 Å². The van der Waals surface area contributed by atoms with Crippen LogP contribution in [-0.4, -0.2) is 55.4 Å². The number of allylic oxidation sites excluding steroid dienone is 2. The minimum atomic E-state index is -1.98. The Labute approximate surface area is 289 Å². The molecule has 2 saturated heterocycles. The molecule has 4 aromatic carbocycles. The van der Waals surface area contributed by atoms with Gasteiger partial charge in [-0.25, -0.2) is 4.98 Å². The summed E-state index contributed by atoms with van der Waals surface area (Å²) in [6.07, 6.45) is 1.94. The van der Waals surface area contributed by atoms with E-state index in [1.165, 1.54) is 11.9 Å². The summed E-state index contributed by atoms with van der Waals surface area (Å²) in [6, 6.07) is 25.0. The van der Waals surface area contributed by atoms with Gasteiger partial charge in [0.2, 0.25) is 17.7 Å². The highest BCUT2D eigenvalue weighted by molar-refractivity contribution is 6.53. The first-order valence-electron chi connectivity index (χ1n) is 16.0. The SMILES string of the molecule is CN1C(=O)[C@]2(Cl)C[C@@H]3C(=CC[C@@H]4C(=O)N(c5ccc(-c6nc7ccccc7o6)cc5)C(=O)[C@@H]43)[C@H](c3ccc4ccccc4c3O)[C@]2(Cl)C1=O. The number of hydrogen-bond acceptors (Lipinski definition) is 7. The number of hydrogen-bond donors (Lipinski definition) is 1. The van der Waals surface area contributed by atoms with Crippen LogP contribution in [0.1, 0.15) is 24.3 Å². The van der Waals surface area contributed by atoms with Crippen molar-refractivity contribution in [2.24, 2.45) is 17.8 Å². The van der Waals surface area contributed by atoms with Gasteiger partial charge < -0.3 is 9.52 Å². The van der Waals surface area contributed by atoms with Gasteiger partial charge in [-0.15, -0.1) is 23.2 Å². The van der Waals surface area contributed by atoms with Crippen molar-refractivity contribution in [2.45, 2.75) is 28.5 Å². The number of phenolic OH excluding ortho intramolecular Hbond substituents is 1. The van der Waals surface area contributed by atoms with Crippen LogP contribution in [0.2, 0.25) is 0 Å². The van der Waals surface area contributed by atoms with Crippen LogP contribution < -0.4 is 4.90 Å². The quantitative estimate of drug-likeness (QED) is 0.129. The van der Waals surface area contributed by atoms with Crippen LogP contribution in [0.15, 0.2) is 101 Å². The molecule has 0 unspecified atom stereocenters. The van der Waals surface area contributed by atoms with Crippen LogP contribution in [0.3, 0.4) is 0 Å². The maximum Gasteiger partial charge on any atom is 0.253 e. The monoisotopic (exact) mass is 691 g/mol. The fraction of sp³-hybridized carbons (Fsp3) is 0.237. The Balaban J connectivity index is 1.13. The van der Waals surface area contributed by atoms with E-state index in [-0.39, 0.29) is 24.5 Å². The Morgan fingerprint density at radius 3 is 2.37 bits per heavy atom. The third-order valence-corrected chi connectivity index (χ3v) is 12.3. The lowest BCUT2D eigenvalue weighted by Gasteiger charge is -2.50. The molecule has 5 aromatic rings. The van der Waals surface area contributed by atoms with Crippen LogP contribution in [0.4, 0.5) is 5.69 Å². The van der Waals surface area contributed by atoms with Gasteiger partial charge in [-0.05, 0) is 60.5 Å². The number of carbonyl (C=O) groups excluding carboxylic acids is 4. The molecule has 1 N–H and O–H groups in total. The normalized spacial score (nSPS) is 29.4. The number of para-hydroxylation sites is 2. The van der Waals surface area contributed by atoms with Gasteiger partial charge in [0.1, 0.15) is 11.3 Å². The zero-order chi connectivity index (χ0) is 34.0. The molecule has 6 atom stereocenters. The van der Waals surface area contributed by atoms with Crippen molar-refractivity contribution in [3.05, 3.63) is 102 Å². The van der Waals surface area contributed by atoms with Gasteiger partial charge in [-0.2, -0.15) is 0 Å². The molecule has 11 heteroatoms. The number of amides is 4. The van der Waals surface area contributed by atoms with Crippen LogP contribution in [-0.2, 0) is 19.2 Å². The van der Waals surface area contributed by atoms with E-state index >= 15 is 0 Å².